The number of hydrogen-bond acceptors (Lipinski definition) is 9. The Labute approximate surface area is 614 Å². The van der Waals surface area contributed by atoms with Gasteiger partial charge in [0.15, 0.2) is 0 Å². The van der Waals surface area contributed by atoms with Crippen molar-refractivity contribution < 1.29 is 42.5 Å². The number of aryl methyl sites for hydroxylation is 3. The number of benzene rings is 3. The minimum atomic E-state index is -4.35. The topological polar surface area (TPSA) is 116 Å². The first-order valence-corrected chi connectivity index (χ1v) is 47.1. The van der Waals surface area contributed by atoms with Crippen LogP contribution in [0.3, 0.4) is 0 Å². The van der Waals surface area contributed by atoms with Crippen molar-refractivity contribution in [1.82, 2.24) is 0 Å². The predicted octanol–water partition coefficient (Wildman–Crippen LogP) is 28.8. The number of phenolic OH excluding ortho intramolecular Hbond substituents is 3. The fourth-order valence-electron chi connectivity index (χ4n) is 17.8. The summed E-state index contributed by atoms with van der Waals surface area (Å²) in [6.07, 6.45) is 55.6. The Balaban J connectivity index is 1.46. The molecule has 9 nitrogen and oxygen atoms in total. The summed E-state index contributed by atoms with van der Waals surface area (Å²) in [5.74, 6) is -1.10. The molecule has 6 heterocycles. The van der Waals surface area contributed by atoms with Crippen molar-refractivity contribution in [1.29, 1.82) is 0 Å². The van der Waals surface area contributed by atoms with E-state index in [4.69, 9.17) is 27.1 Å². The quantitative estimate of drug-likeness (QED) is 0.0375. The number of fused-ring (bicyclic) bond motifs is 2. The molecule has 3 aromatic carbocycles. The number of unbranched alkanes of at least 4 members (excludes halogenated alkanes) is 40. The molecule has 0 spiro atoms. The molecule has 6 fully saturated rings. The van der Waals surface area contributed by atoms with Gasteiger partial charge in [0.25, 0.3) is 0 Å². The summed E-state index contributed by atoms with van der Waals surface area (Å²) in [7, 11) is -8.47. The fraction of sp³-hybridized carbons (Fsp3) is 0.798. The Kier molecular flexibility index (Phi) is 32.2. The maximum atomic E-state index is 12.4. The molecule has 6 aliphatic rings. The van der Waals surface area contributed by atoms with E-state index in [9.17, 15) is 15.3 Å². The monoisotopic (exact) mass is 1430 g/mol. The van der Waals surface area contributed by atoms with Crippen molar-refractivity contribution in [3.8, 4) is 17.2 Å². The zero-order valence-electron chi connectivity index (χ0n) is 67.7. The van der Waals surface area contributed by atoms with Gasteiger partial charge in [0.1, 0.15) is 0 Å². The van der Waals surface area contributed by atoms with Crippen LogP contribution >= 0.6 is 14.6 Å². The third kappa shape index (κ3) is 20.3. The zero-order valence-corrected chi connectivity index (χ0v) is 69.5. The minimum absolute atomic E-state index is 0.236. The van der Waals surface area contributed by atoms with Crippen LogP contribution in [-0.2, 0) is 54.6 Å². The molecule has 100 heavy (non-hydrogen) atoms. The molecule has 4 bridgehead atoms. The molecule has 0 aromatic heterocycles. The van der Waals surface area contributed by atoms with Crippen LogP contribution in [0, 0.1) is 20.8 Å². The second kappa shape index (κ2) is 38.0. The molecule has 0 aliphatic carbocycles. The molecule has 6 aliphatic heterocycles. The van der Waals surface area contributed by atoms with Crippen LogP contribution in [0.25, 0.3) is 0 Å². The first-order valence-electron chi connectivity index (χ1n) is 42.4. The summed E-state index contributed by atoms with van der Waals surface area (Å²) >= 11 is 0. The summed E-state index contributed by atoms with van der Waals surface area (Å²) in [6, 6.07) is 12.5. The first-order chi connectivity index (χ1) is 47.6. The number of rotatable bonds is 52. The van der Waals surface area contributed by atoms with Gasteiger partial charge in [0.05, 0.1) is 0 Å². The Morgan fingerprint density at radius 3 is 0.790 bits per heavy atom. The van der Waals surface area contributed by atoms with E-state index in [1.807, 2.05) is 18.2 Å². The van der Waals surface area contributed by atoms with E-state index >= 15 is 0 Å². The summed E-state index contributed by atoms with van der Waals surface area (Å²) in [6.45, 7) is 35.2. The summed E-state index contributed by atoms with van der Waals surface area (Å²) in [4.78, 5) is 0. The van der Waals surface area contributed by atoms with Crippen molar-refractivity contribution in [2.24, 2.45) is 0 Å². The van der Waals surface area contributed by atoms with E-state index in [0.717, 1.165) is 127 Å². The van der Waals surface area contributed by atoms with Crippen LogP contribution in [0.1, 0.15) is 423 Å². The van der Waals surface area contributed by atoms with Crippen LogP contribution in [0.15, 0.2) is 36.4 Å². The average molecular weight is 1430 g/mol. The summed E-state index contributed by atoms with van der Waals surface area (Å²) in [5.41, 5.74) is 2.77. The van der Waals surface area contributed by atoms with E-state index in [-0.39, 0.29) is 17.2 Å². The van der Waals surface area contributed by atoms with Gasteiger partial charge in [0.2, 0.25) is 0 Å². The third-order valence-corrected chi connectivity index (χ3v) is 32.4. The van der Waals surface area contributed by atoms with Crippen LogP contribution < -0.4 is 0 Å². The van der Waals surface area contributed by atoms with Crippen molar-refractivity contribution in [2.75, 3.05) is 24.6 Å². The average Bonchev–Trinajstić information content (AvgIpc) is 1.42. The maximum absolute atomic E-state index is 12.4. The second-order valence-corrected chi connectivity index (χ2v) is 43.6. The van der Waals surface area contributed by atoms with Crippen molar-refractivity contribution in [2.45, 2.75) is 433 Å². The molecular formula is C89H154O9P2. The van der Waals surface area contributed by atoms with Gasteiger partial charge < -0.3 is 0 Å². The molecule has 1 atom stereocenters. The van der Waals surface area contributed by atoms with E-state index in [0.29, 0.717) is 24.6 Å². The predicted molar refractivity (Wildman–Crippen MR) is 429 cm³/mol. The van der Waals surface area contributed by atoms with E-state index in [1.165, 1.54) is 205 Å². The molecule has 9 rings (SSSR count). The first kappa shape index (κ1) is 84.9. The van der Waals surface area contributed by atoms with Gasteiger partial charge in [-0.25, -0.2) is 0 Å². The van der Waals surface area contributed by atoms with Gasteiger partial charge in [-0.15, -0.1) is 0 Å². The van der Waals surface area contributed by atoms with E-state index < -0.39 is 54.1 Å². The summed E-state index contributed by atoms with van der Waals surface area (Å²) < 4.78 is 51.6. The molecule has 6 saturated heterocycles. The van der Waals surface area contributed by atoms with Gasteiger partial charge in [-0.05, 0) is 0 Å². The molecule has 3 aromatic rings. The van der Waals surface area contributed by atoms with E-state index in [2.05, 4.69) is 129 Å². The molecule has 574 valence electrons. The van der Waals surface area contributed by atoms with Crippen molar-refractivity contribution in [3.63, 3.8) is 0 Å². The van der Waals surface area contributed by atoms with Crippen LogP contribution in [0.2, 0.25) is 0 Å². The second-order valence-electron chi connectivity index (χ2n) is 35.7. The standard InChI is InChI=1S/C89H154O9P2/c1-17-21-25-29-33-37-41-45-49-53-57-61-99(62-58-54-50-46-42-38-34-30-26-22-18-2)93-83(94-99)88(96-99,76-70-79(86(14,15)16)82(92)67-73(76)7)89-87(74-68-77(84(8,9)10)80(90)65-71(74)5,75-69-78(85(11,12)13)81(91)66-72(75)6)95-100(97-89,98-89,63-59-55-51-47-43-39-35-31-27-23-19-3)64-60-56-52-48-44-40-36-32-28-24-20-4/h65-70,83,90-92H,17-64H2,1-16H3. The molecule has 0 saturated carbocycles. The number of aromatic hydroxyl groups is 3. The Bertz CT molecular complexity index is 2810. The van der Waals surface area contributed by atoms with Gasteiger partial charge in [-0.1, -0.05) is 27.7 Å². The SMILES string of the molecule is CCCCCCCCCCCCCP12(CCCCCCCCCCCCC)OC(O1)C(c1cc(C(C)(C)C)c(O)cc1C)(C13OP(CCCCCCCCCCCCC)(CCCCCCCCCCCCC)(OC1(c1cc(C(C)(C)C)c(O)cc1C)c1cc(C(C)(C)C)c(O)cc1C)O3)O2. The molecule has 11 heteroatoms. The van der Waals surface area contributed by atoms with Gasteiger partial charge in [-0.3, -0.25) is 0 Å². The van der Waals surface area contributed by atoms with Crippen LogP contribution in [0.5, 0.6) is 17.2 Å². The molecule has 3 N–H and O–H groups in total. The van der Waals surface area contributed by atoms with Crippen molar-refractivity contribution >= 4 is 14.6 Å². The molecule has 1 unspecified atom stereocenters. The molecule has 0 radical (unpaired) electrons. The summed E-state index contributed by atoms with van der Waals surface area (Å²) in [5, 5.41) is 37.1. The Hall–Kier alpha value is -2.32. The number of hydrogen-bond donors (Lipinski definition) is 3. The third-order valence-electron chi connectivity index (χ3n) is 23.7. The van der Waals surface area contributed by atoms with E-state index in [1.54, 1.807) is 0 Å². The zero-order chi connectivity index (χ0) is 72.8. The van der Waals surface area contributed by atoms with Gasteiger partial charge in [-0.2, -0.15) is 0 Å². The Morgan fingerprint density at radius 1 is 0.300 bits per heavy atom. The van der Waals surface area contributed by atoms with Crippen LogP contribution in [0.4, 0.5) is 0 Å². The van der Waals surface area contributed by atoms with Gasteiger partial charge >= 0.3 is 591 Å². The normalized spacial score (nSPS) is 21.7. The fourth-order valence-corrected chi connectivity index (χ4v) is 27.7. The Morgan fingerprint density at radius 2 is 0.530 bits per heavy atom. The molecule has 0 amide bonds. The van der Waals surface area contributed by atoms with Gasteiger partial charge in [0, 0.05) is 0 Å². The van der Waals surface area contributed by atoms with Crippen molar-refractivity contribution in [3.05, 3.63) is 86.5 Å². The molecular weight excluding hydrogens is 1270 g/mol. The number of phenols is 3. The van der Waals surface area contributed by atoms with Crippen LogP contribution in [-0.4, -0.2) is 52.0 Å².